The monoisotopic (exact) mass is 116 g/mol. The molecule has 0 spiro atoms. The fraction of sp³-hybridized carbons (Fsp3) is 0. The van der Waals surface area contributed by atoms with Crippen LogP contribution < -0.4 is 5.00 Å². The first-order valence-electron chi connectivity index (χ1n) is 2.07. The molecule has 0 heterocycles. The van der Waals surface area contributed by atoms with Gasteiger partial charge in [0, 0.05) is 0 Å². The van der Waals surface area contributed by atoms with Gasteiger partial charge in [0.25, 0.3) is 0 Å². The highest BCUT2D eigenvalue weighted by Crippen LogP contribution is 2.11. The van der Waals surface area contributed by atoms with Gasteiger partial charge in [-0.15, -0.1) is 0 Å². The van der Waals surface area contributed by atoms with E-state index in [4.69, 9.17) is 0 Å². The van der Waals surface area contributed by atoms with Crippen molar-refractivity contribution < 1.29 is 4.57 Å². The molecule has 0 aromatic rings. The average Bonchev–Trinajstić information content (AvgIpc) is 1.65. The van der Waals surface area contributed by atoms with Crippen molar-refractivity contribution in [1.29, 1.82) is 0 Å². The lowest BCUT2D eigenvalue weighted by atomic mass is 10.3. The Bertz CT molecular complexity index is 73.3. The number of hydrogen-bond donors (Lipinski definition) is 1. The fourth-order valence-corrected chi connectivity index (χ4v) is 0.671. The Morgan fingerprint density at radius 2 is 2.00 bits per heavy atom. The SMILES string of the molecule is BN[PH](=O)N(B)B. The first-order valence-corrected chi connectivity index (χ1v) is 3.43. The summed E-state index contributed by atoms with van der Waals surface area (Å²) < 4.78 is 12.2. The summed E-state index contributed by atoms with van der Waals surface area (Å²) in [5.74, 6) is 0. The molecule has 1 N–H and O–H groups in total. The van der Waals surface area contributed by atoms with Crippen molar-refractivity contribution in [2.24, 2.45) is 0 Å². The molecule has 0 fully saturated rings. The molecule has 0 aliphatic carbocycles. The van der Waals surface area contributed by atoms with Gasteiger partial charge in [-0.05, 0) is 0 Å². The van der Waals surface area contributed by atoms with E-state index in [1.54, 1.807) is 28.4 Å². The average molecular weight is 115 g/mol. The van der Waals surface area contributed by atoms with Crippen molar-refractivity contribution in [2.45, 2.75) is 0 Å². The number of rotatable bonds is 2. The zero-order chi connectivity index (χ0) is 5.86. The molecule has 0 aromatic carbocycles. The lowest BCUT2D eigenvalue weighted by molar-refractivity contribution is 0.576. The van der Waals surface area contributed by atoms with E-state index in [0.29, 0.717) is 0 Å². The van der Waals surface area contributed by atoms with Crippen LogP contribution in [0.15, 0.2) is 0 Å². The molecule has 0 saturated heterocycles. The van der Waals surface area contributed by atoms with Crippen molar-refractivity contribution in [1.82, 2.24) is 9.49 Å². The highest BCUT2D eigenvalue weighted by molar-refractivity contribution is 7.44. The zero-order valence-electron chi connectivity index (χ0n) is 4.86. The van der Waals surface area contributed by atoms with Crippen LogP contribution in [0, 0.1) is 0 Å². The Hall–Kier alpha value is 0.345. The summed E-state index contributed by atoms with van der Waals surface area (Å²) in [5.41, 5.74) is 0. The summed E-state index contributed by atoms with van der Waals surface area (Å²) >= 11 is 0. The fourth-order valence-electron chi connectivity index (χ4n) is 0.224. The van der Waals surface area contributed by atoms with E-state index < -0.39 is 8.10 Å². The van der Waals surface area contributed by atoms with Crippen LogP contribution in [0.5, 0.6) is 0 Å². The normalized spacial score (nSPS) is 14.4. The number of hydrogen-bond acceptors (Lipinski definition) is 1. The lowest BCUT2D eigenvalue weighted by Crippen LogP contribution is -2.12. The van der Waals surface area contributed by atoms with Crippen LogP contribution in [0.3, 0.4) is 0 Å². The van der Waals surface area contributed by atoms with Crippen molar-refractivity contribution in [3.8, 4) is 0 Å². The van der Waals surface area contributed by atoms with Gasteiger partial charge in [0.05, 0.1) is 0 Å². The Morgan fingerprint density at radius 1 is 1.57 bits per heavy atom. The van der Waals surface area contributed by atoms with Gasteiger partial charge in [-0.25, -0.2) is 0 Å². The van der Waals surface area contributed by atoms with Crippen LogP contribution in [0.4, 0.5) is 0 Å². The van der Waals surface area contributed by atoms with Gasteiger partial charge in [0.1, 0.15) is 0 Å². The van der Waals surface area contributed by atoms with Gasteiger partial charge >= 0.3 is 0 Å². The first kappa shape index (κ1) is 7.34. The second-order valence-electron chi connectivity index (χ2n) is 1.45. The van der Waals surface area contributed by atoms with Crippen LogP contribution in [-0.4, -0.2) is 28.4 Å². The molecule has 0 amide bonds. The Morgan fingerprint density at radius 3 is 2.00 bits per heavy atom. The lowest BCUT2D eigenvalue weighted by Gasteiger charge is -2.06. The molecule has 0 saturated carbocycles. The standard InChI is InChI=1S/B3H8N2OP/c1-4-7(6)5(2)3/h7H,1-3H2,(H,4,6). The first-order chi connectivity index (χ1) is 3.18. The third-order valence-electron chi connectivity index (χ3n) is 0.620. The molecule has 0 rings (SSSR count). The topological polar surface area (TPSA) is 32.3 Å². The molecule has 3 nitrogen and oxygen atoms in total. The molecule has 7 heavy (non-hydrogen) atoms. The molecule has 0 aromatic heterocycles. The van der Waals surface area contributed by atoms with E-state index in [2.05, 4.69) is 5.00 Å². The van der Waals surface area contributed by atoms with Gasteiger partial charge in [-0.3, -0.25) is 4.57 Å². The van der Waals surface area contributed by atoms with E-state index in [0.717, 1.165) is 0 Å². The summed E-state index contributed by atoms with van der Waals surface area (Å²) in [7, 11) is 3.62. The van der Waals surface area contributed by atoms with Crippen LogP contribution in [0.1, 0.15) is 0 Å². The molecule has 1 atom stereocenters. The van der Waals surface area contributed by atoms with E-state index in [1.165, 1.54) is 0 Å². The highest BCUT2D eigenvalue weighted by Gasteiger charge is 1.92. The predicted octanol–water partition coefficient (Wildman–Crippen LogP) is -3.09. The molecule has 1 unspecified atom stereocenters. The maximum Gasteiger partial charge on any atom is 0.191 e. The van der Waals surface area contributed by atoms with E-state index in [-0.39, 0.29) is 0 Å². The van der Waals surface area contributed by atoms with Crippen molar-refractivity contribution in [2.75, 3.05) is 0 Å². The summed E-state index contributed by atoms with van der Waals surface area (Å²) in [6.07, 6.45) is 0. The predicted molar refractivity (Wildman–Crippen MR) is 39.6 cm³/mol. The molecule has 0 bridgehead atoms. The minimum Gasteiger partial charge on any atom is -0.337 e. The van der Waals surface area contributed by atoms with Gasteiger partial charge in [-0.1, -0.05) is 0 Å². The molecular formula is H8B3N2OP. The maximum atomic E-state index is 10.5. The highest BCUT2D eigenvalue weighted by atomic mass is 31.1. The van der Waals surface area contributed by atoms with Gasteiger partial charge < -0.3 is 9.49 Å². The maximum absolute atomic E-state index is 10.5. The molecular weight excluding hydrogens is 107 g/mol. The third kappa shape index (κ3) is 2.98. The van der Waals surface area contributed by atoms with Gasteiger partial charge in [0.2, 0.25) is 0 Å². The number of nitrogens with one attached hydrogen (secondary N) is 1. The second-order valence-corrected chi connectivity index (χ2v) is 3.45. The molecule has 38 valence electrons. The van der Waals surface area contributed by atoms with Gasteiger partial charge in [-0.2, -0.15) is 0 Å². The molecule has 0 aliphatic rings. The third-order valence-corrected chi connectivity index (χ3v) is 1.86. The second kappa shape index (κ2) is 3.36. The van der Waals surface area contributed by atoms with Gasteiger partial charge in [0.15, 0.2) is 32.0 Å². The molecule has 0 radical (unpaired) electrons. The van der Waals surface area contributed by atoms with E-state index in [9.17, 15) is 4.57 Å². The molecule has 7 heteroatoms. The quantitative estimate of drug-likeness (QED) is 0.306. The van der Waals surface area contributed by atoms with Crippen LogP contribution in [0.2, 0.25) is 0 Å². The van der Waals surface area contributed by atoms with Crippen molar-refractivity contribution in [3.63, 3.8) is 0 Å². The summed E-state index contributed by atoms with van der Waals surface area (Å²) in [6, 6.07) is 0. The largest absolute Gasteiger partial charge is 0.337 e. The Balaban J connectivity index is 3.35. The van der Waals surface area contributed by atoms with Crippen LogP contribution in [-0.2, 0) is 4.57 Å². The summed E-state index contributed by atoms with van der Waals surface area (Å²) in [6.45, 7) is 0. The van der Waals surface area contributed by atoms with Crippen molar-refractivity contribution in [3.05, 3.63) is 0 Å². The number of nitrogens with zero attached hydrogens (tertiary/aromatic N) is 1. The summed E-state index contributed by atoms with van der Waals surface area (Å²) in [5, 5.41) is 0. The van der Waals surface area contributed by atoms with Crippen LogP contribution >= 0.6 is 8.10 Å². The smallest absolute Gasteiger partial charge is 0.191 e. The Kier molecular flexibility index (Phi) is 3.53. The minimum absolute atomic E-state index is 1.61. The van der Waals surface area contributed by atoms with E-state index >= 15 is 0 Å². The minimum atomic E-state index is -1.61. The molecule has 0 aliphatic heterocycles. The summed E-state index contributed by atoms with van der Waals surface area (Å²) in [4.78, 5) is 2.64. The zero-order valence-corrected chi connectivity index (χ0v) is 5.86. The Labute approximate surface area is 47.0 Å². The van der Waals surface area contributed by atoms with Crippen molar-refractivity contribution >= 4 is 32.0 Å². The van der Waals surface area contributed by atoms with Crippen LogP contribution in [0.25, 0.3) is 0 Å². The van der Waals surface area contributed by atoms with E-state index in [1.807, 2.05) is 0 Å².